The number of hydrogen-bond donors (Lipinski definition) is 2. The molecule has 2 rings (SSSR count). The first-order valence-electron chi connectivity index (χ1n) is 6.46. The molecule has 19 heavy (non-hydrogen) atoms. The molecular weight excluding hydrogens is 374 g/mol. The van der Waals surface area contributed by atoms with E-state index in [0.29, 0.717) is 6.04 Å². The van der Waals surface area contributed by atoms with Crippen LogP contribution in [-0.4, -0.2) is 17.1 Å². The van der Waals surface area contributed by atoms with Crippen LogP contribution in [0.4, 0.5) is 0 Å². The highest BCUT2D eigenvalue weighted by Crippen LogP contribution is 2.26. The summed E-state index contributed by atoms with van der Waals surface area (Å²) in [5.74, 6) is -0.782. The minimum Gasteiger partial charge on any atom is -0.481 e. The fourth-order valence-corrected chi connectivity index (χ4v) is 3.13. The number of hydrogen-bond acceptors (Lipinski definition) is 2. The van der Waals surface area contributed by atoms with Crippen molar-refractivity contribution in [2.75, 3.05) is 0 Å². The highest BCUT2D eigenvalue weighted by atomic mass is 79.9. The lowest BCUT2D eigenvalue weighted by Gasteiger charge is -2.27. The van der Waals surface area contributed by atoms with Gasteiger partial charge in [0.1, 0.15) is 0 Å². The van der Waals surface area contributed by atoms with Crippen molar-refractivity contribution in [2.45, 2.75) is 38.3 Å². The summed E-state index contributed by atoms with van der Waals surface area (Å²) >= 11 is 6.95. The van der Waals surface area contributed by atoms with Gasteiger partial charge in [-0.3, -0.25) is 4.79 Å². The maximum absolute atomic E-state index is 10.9. The second-order valence-corrected chi connectivity index (χ2v) is 6.72. The third kappa shape index (κ3) is 4.29. The van der Waals surface area contributed by atoms with Crippen molar-refractivity contribution in [2.24, 2.45) is 5.92 Å². The summed E-state index contributed by atoms with van der Waals surface area (Å²) in [6.45, 7) is 0.828. The number of carboxylic acids is 1. The number of carboxylic acid groups (broad SMARTS) is 1. The lowest BCUT2D eigenvalue weighted by Crippen LogP contribution is -2.34. The van der Waals surface area contributed by atoms with Crippen LogP contribution in [0.5, 0.6) is 0 Å². The first kappa shape index (κ1) is 15.0. The number of rotatable bonds is 4. The molecule has 2 N–H and O–H groups in total. The van der Waals surface area contributed by atoms with E-state index in [4.69, 9.17) is 5.11 Å². The Balaban J connectivity index is 1.80. The summed E-state index contributed by atoms with van der Waals surface area (Å²) < 4.78 is 2.11. The molecule has 0 spiro atoms. The minimum atomic E-state index is -0.643. The van der Waals surface area contributed by atoms with Gasteiger partial charge in [-0.15, -0.1) is 0 Å². The van der Waals surface area contributed by atoms with Crippen LogP contribution in [0.15, 0.2) is 27.1 Å². The van der Waals surface area contributed by atoms with Gasteiger partial charge in [0.15, 0.2) is 0 Å². The van der Waals surface area contributed by atoms with Gasteiger partial charge in [-0.1, -0.05) is 6.07 Å². The molecule has 3 nitrogen and oxygen atoms in total. The lowest BCUT2D eigenvalue weighted by atomic mass is 9.86. The molecule has 0 saturated heterocycles. The van der Waals surface area contributed by atoms with E-state index in [9.17, 15) is 4.79 Å². The molecule has 5 heteroatoms. The van der Waals surface area contributed by atoms with E-state index in [1.54, 1.807) is 0 Å². The molecule has 0 aliphatic heterocycles. The molecule has 1 fully saturated rings. The molecule has 0 heterocycles. The van der Waals surface area contributed by atoms with Crippen LogP contribution in [0.3, 0.4) is 0 Å². The smallest absolute Gasteiger partial charge is 0.306 e. The standard InChI is InChI=1S/C14H17Br2NO2/c15-12-6-1-9(7-13(12)16)8-17-11-4-2-10(3-5-11)14(18)19/h1,6-7,10-11,17H,2-5,8H2,(H,18,19). The van der Waals surface area contributed by atoms with E-state index in [0.717, 1.165) is 41.2 Å². The Hall–Kier alpha value is -0.390. The number of halogens is 2. The lowest BCUT2D eigenvalue weighted by molar-refractivity contribution is -0.142. The van der Waals surface area contributed by atoms with Gasteiger partial charge in [-0.25, -0.2) is 0 Å². The molecule has 0 unspecified atom stereocenters. The van der Waals surface area contributed by atoms with Crippen LogP contribution >= 0.6 is 31.9 Å². The predicted octanol–water partition coefficient (Wildman–Crippen LogP) is 3.94. The van der Waals surface area contributed by atoms with Gasteiger partial charge in [0.2, 0.25) is 0 Å². The summed E-state index contributed by atoms with van der Waals surface area (Å²) in [5.41, 5.74) is 1.23. The molecule has 104 valence electrons. The molecule has 1 aromatic carbocycles. The third-order valence-corrected chi connectivity index (χ3v) is 5.53. The zero-order valence-corrected chi connectivity index (χ0v) is 13.7. The van der Waals surface area contributed by atoms with Crippen molar-refractivity contribution in [3.8, 4) is 0 Å². The van der Waals surface area contributed by atoms with Gasteiger partial charge in [0.05, 0.1) is 5.92 Å². The molecule has 0 radical (unpaired) electrons. The molecule has 0 atom stereocenters. The number of aliphatic carboxylic acids is 1. The zero-order chi connectivity index (χ0) is 13.8. The van der Waals surface area contributed by atoms with Gasteiger partial charge in [-0.05, 0) is 75.2 Å². The van der Waals surface area contributed by atoms with Crippen molar-refractivity contribution >= 4 is 37.8 Å². The Bertz CT molecular complexity index is 457. The van der Waals surface area contributed by atoms with E-state index in [1.165, 1.54) is 5.56 Å². The number of carbonyl (C=O) groups is 1. The quantitative estimate of drug-likeness (QED) is 0.818. The van der Waals surface area contributed by atoms with Crippen molar-refractivity contribution in [3.05, 3.63) is 32.7 Å². The van der Waals surface area contributed by atoms with Crippen molar-refractivity contribution in [1.82, 2.24) is 5.32 Å². The average Bonchev–Trinajstić information content (AvgIpc) is 2.40. The number of nitrogens with one attached hydrogen (secondary N) is 1. The van der Waals surface area contributed by atoms with Crippen LogP contribution in [-0.2, 0) is 11.3 Å². The van der Waals surface area contributed by atoms with Crippen molar-refractivity contribution in [3.63, 3.8) is 0 Å². The first-order valence-corrected chi connectivity index (χ1v) is 8.05. The van der Waals surface area contributed by atoms with Gasteiger partial charge >= 0.3 is 5.97 Å². The van der Waals surface area contributed by atoms with Crippen LogP contribution < -0.4 is 5.32 Å². The van der Waals surface area contributed by atoms with Crippen molar-refractivity contribution in [1.29, 1.82) is 0 Å². The average molecular weight is 391 g/mol. The van der Waals surface area contributed by atoms with Crippen LogP contribution in [0.1, 0.15) is 31.2 Å². The van der Waals surface area contributed by atoms with E-state index >= 15 is 0 Å². The second kappa shape index (κ2) is 6.86. The summed E-state index contributed by atoms with van der Waals surface area (Å²) in [6.07, 6.45) is 3.48. The summed E-state index contributed by atoms with van der Waals surface area (Å²) in [5, 5.41) is 12.5. The Morgan fingerprint density at radius 3 is 2.47 bits per heavy atom. The third-order valence-electron chi connectivity index (χ3n) is 3.66. The first-order chi connectivity index (χ1) is 9.06. The van der Waals surface area contributed by atoms with Gasteiger partial charge < -0.3 is 10.4 Å². The van der Waals surface area contributed by atoms with Gasteiger partial charge in [0.25, 0.3) is 0 Å². The maximum Gasteiger partial charge on any atom is 0.306 e. The van der Waals surface area contributed by atoms with Crippen LogP contribution in [0, 0.1) is 5.92 Å². The Morgan fingerprint density at radius 2 is 1.89 bits per heavy atom. The molecule has 1 aliphatic carbocycles. The summed E-state index contributed by atoms with van der Waals surface area (Å²) in [6, 6.07) is 6.66. The normalized spacial score (nSPS) is 23.3. The monoisotopic (exact) mass is 389 g/mol. The minimum absolute atomic E-state index is 0.139. The molecular formula is C14H17Br2NO2. The van der Waals surface area contributed by atoms with Gasteiger partial charge in [0, 0.05) is 21.5 Å². The van der Waals surface area contributed by atoms with Gasteiger partial charge in [-0.2, -0.15) is 0 Å². The molecule has 0 bridgehead atoms. The molecule has 1 saturated carbocycles. The highest BCUT2D eigenvalue weighted by Gasteiger charge is 2.25. The second-order valence-electron chi connectivity index (χ2n) is 5.02. The molecule has 1 aromatic rings. The largest absolute Gasteiger partial charge is 0.481 e. The fraction of sp³-hybridized carbons (Fsp3) is 0.500. The Kier molecular flexibility index (Phi) is 5.42. The van der Waals surface area contributed by atoms with Crippen LogP contribution in [0.2, 0.25) is 0 Å². The van der Waals surface area contributed by atoms with E-state index < -0.39 is 5.97 Å². The van der Waals surface area contributed by atoms with E-state index in [-0.39, 0.29) is 5.92 Å². The topological polar surface area (TPSA) is 49.3 Å². The van der Waals surface area contributed by atoms with Crippen molar-refractivity contribution < 1.29 is 9.90 Å². The van der Waals surface area contributed by atoms with E-state index in [2.05, 4.69) is 49.3 Å². The van der Waals surface area contributed by atoms with Crippen LogP contribution in [0.25, 0.3) is 0 Å². The summed E-state index contributed by atoms with van der Waals surface area (Å²) in [4.78, 5) is 10.9. The Morgan fingerprint density at radius 1 is 1.21 bits per heavy atom. The highest BCUT2D eigenvalue weighted by molar-refractivity contribution is 9.13. The summed E-state index contributed by atoms with van der Waals surface area (Å²) in [7, 11) is 0. The predicted molar refractivity (Wildman–Crippen MR) is 82.1 cm³/mol. The molecule has 0 amide bonds. The molecule has 1 aliphatic rings. The SMILES string of the molecule is O=C(O)C1CCC(NCc2ccc(Br)c(Br)c2)CC1. The molecule has 0 aromatic heterocycles. The Labute approximate surface area is 130 Å². The maximum atomic E-state index is 10.9. The fourth-order valence-electron chi connectivity index (χ4n) is 2.46. The number of benzene rings is 1. The van der Waals surface area contributed by atoms with E-state index in [1.807, 2.05) is 6.07 Å². The zero-order valence-electron chi connectivity index (χ0n) is 10.5.